The largest absolute Gasteiger partial charge is 0.342 e. The van der Waals surface area contributed by atoms with Gasteiger partial charge in [-0.15, -0.1) is 0 Å². The average Bonchev–Trinajstić information content (AvgIpc) is 2.99. The smallest absolute Gasteiger partial charge is 0.227 e. The zero-order valence-corrected chi connectivity index (χ0v) is 11.0. The van der Waals surface area contributed by atoms with Crippen molar-refractivity contribution in [2.75, 3.05) is 26.2 Å². The molecule has 1 aromatic heterocycles. The molecule has 0 N–H and O–H groups in total. The zero-order chi connectivity index (χ0) is 12.7. The lowest BCUT2D eigenvalue weighted by Gasteiger charge is -2.20. The van der Waals surface area contributed by atoms with Gasteiger partial charge in [-0.2, -0.15) is 0 Å². The molecule has 3 rings (SSSR count). The van der Waals surface area contributed by atoms with E-state index in [1.807, 2.05) is 28.9 Å². The predicted molar refractivity (Wildman–Crippen MR) is 67.7 cm³/mol. The highest BCUT2D eigenvalue weighted by Gasteiger charge is 2.45. The first-order valence-electron chi connectivity index (χ1n) is 6.66. The molecule has 2 aliphatic rings. The summed E-state index contributed by atoms with van der Waals surface area (Å²) in [6, 6.07) is 0. The Kier molecular flexibility index (Phi) is 2.86. The quantitative estimate of drug-likeness (QED) is 0.774. The summed E-state index contributed by atoms with van der Waals surface area (Å²) in [6.45, 7) is 6.63. The highest BCUT2D eigenvalue weighted by Crippen LogP contribution is 2.32. The summed E-state index contributed by atoms with van der Waals surface area (Å²) in [7, 11) is 2.02. The number of imidazole rings is 1. The first-order valence-corrected chi connectivity index (χ1v) is 6.66. The maximum absolute atomic E-state index is 12.1. The van der Waals surface area contributed by atoms with Crippen LogP contribution in [-0.2, 0) is 18.4 Å². The van der Waals surface area contributed by atoms with Crippen molar-refractivity contribution in [3.05, 3.63) is 18.2 Å². The van der Waals surface area contributed by atoms with Gasteiger partial charge < -0.3 is 9.47 Å². The van der Waals surface area contributed by atoms with E-state index < -0.39 is 0 Å². The minimum Gasteiger partial charge on any atom is -0.342 e. The second-order valence-electron chi connectivity index (χ2n) is 5.39. The van der Waals surface area contributed by atoms with Gasteiger partial charge in [-0.1, -0.05) is 0 Å². The van der Waals surface area contributed by atoms with E-state index in [0.717, 1.165) is 38.5 Å². The first kappa shape index (κ1) is 11.7. The van der Waals surface area contributed by atoms with E-state index in [0.29, 0.717) is 11.8 Å². The summed E-state index contributed by atoms with van der Waals surface area (Å²) in [5.41, 5.74) is 0. The van der Waals surface area contributed by atoms with Crippen LogP contribution in [0.2, 0.25) is 0 Å². The van der Waals surface area contributed by atoms with Gasteiger partial charge in [-0.05, 0) is 6.92 Å². The standard InChI is InChI=1S/C13H20N4O/c1-3-17-7-10-6-16(8-11(10)13(17)18)9-12-14-4-5-15(12)2/h4-5,10-11H,3,6-9H2,1-2H3/t10-,11-/m0/s1. The Hall–Kier alpha value is -1.36. The lowest BCUT2D eigenvalue weighted by Crippen LogP contribution is -2.32. The lowest BCUT2D eigenvalue weighted by molar-refractivity contribution is -0.130. The van der Waals surface area contributed by atoms with Gasteiger partial charge in [0, 0.05) is 51.5 Å². The summed E-state index contributed by atoms with van der Waals surface area (Å²) >= 11 is 0. The number of carbonyl (C=O) groups excluding carboxylic acids is 1. The van der Waals surface area contributed by atoms with Crippen molar-refractivity contribution in [1.29, 1.82) is 0 Å². The fourth-order valence-corrected chi connectivity index (χ4v) is 3.20. The van der Waals surface area contributed by atoms with Crippen molar-refractivity contribution in [3.63, 3.8) is 0 Å². The molecule has 2 fully saturated rings. The molecule has 1 aromatic rings. The lowest BCUT2D eigenvalue weighted by atomic mass is 10.0. The van der Waals surface area contributed by atoms with Gasteiger partial charge in [0.1, 0.15) is 5.82 Å². The highest BCUT2D eigenvalue weighted by molar-refractivity contribution is 5.82. The van der Waals surface area contributed by atoms with Crippen molar-refractivity contribution in [2.45, 2.75) is 13.5 Å². The third-order valence-corrected chi connectivity index (χ3v) is 4.27. The van der Waals surface area contributed by atoms with E-state index in [4.69, 9.17) is 0 Å². The molecule has 1 amide bonds. The Labute approximate surface area is 107 Å². The molecule has 0 unspecified atom stereocenters. The molecule has 0 aliphatic carbocycles. The number of hydrogen-bond donors (Lipinski definition) is 0. The van der Waals surface area contributed by atoms with Crippen LogP contribution in [0.5, 0.6) is 0 Å². The number of rotatable bonds is 3. The van der Waals surface area contributed by atoms with E-state index in [1.54, 1.807) is 0 Å². The Bertz CT molecular complexity index is 456. The van der Waals surface area contributed by atoms with E-state index in [1.165, 1.54) is 0 Å². The summed E-state index contributed by atoms with van der Waals surface area (Å²) < 4.78 is 2.05. The molecule has 98 valence electrons. The van der Waals surface area contributed by atoms with Crippen molar-refractivity contribution in [1.82, 2.24) is 19.4 Å². The summed E-state index contributed by atoms with van der Waals surface area (Å²) in [6.07, 6.45) is 3.80. The highest BCUT2D eigenvalue weighted by atomic mass is 16.2. The van der Waals surface area contributed by atoms with E-state index in [-0.39, 0.29) is 5.92 Å². The maximum Gasteiger partial charge on any atom is 0.227 e. The summed E-state index contributed by atoms with van der Waals surface area (Å²) in [4.78, 5) is 20.8. The number of aryl methyl sites for hydroxylation is 1. The summed E-state index contributed by atoms with van der Waals surface area (Å²) in [5.74, 6) is 2.18. The molecule has 0 bridgehead atoms. The molecule has 2 atom stereocenters. The van der Waals surface area contributed by atoms with Crippen LogP contribution >= 0.6 is 0 Å². The van der Waals surface area contributed by atoms with Gasteiger partial charge in [0.05, 0.1) is 12.5 Å². The predicted octanol–water partition coefficient (Wildman–Crippen LogP) is 0.330. The van der Waals surface area contributed by atoms with Crippen LogP contribution in [0.15, 0.2) is 12.4 Å². The monoisotopic (exact) mass is 248 g/mol. The molecule has 2 aliphatic heterocycles. The number of aromatic nitrogens is 2. The molecular weight excluding hydrogens is 228 g/mol. The Morgan fingerprint density at radius 3 is 2.83 bits per heavy atom. The number of nitrogens with zero attached hydrogens (tertiary/aromatic N) is 4. The topological polar surface area (TPSA) is 41.4 Å². The van der Waals surface area contributed by atoms with Crippen LogP contribution in [0, 0.1) is 11.8 Å². The minimum absolute atomic E-state index is 0.227. The fraction of sp³-hybridized carbons (Fsp3) is 0.692. The van der Waals surface area contributed by atoms with Gasteiger partial charge in [0.2, 0.25) is 5.91 Å². The Morgan fingerprint density at radius 2 is 2.22 bits per heavy atom. The summed E-state index contributed by atoms with van der Waals surface area (Å²) in [5, 5.41) is 0. The molecule has 0 aromatic carbocycles. The maximum atomic E-state index is 12.1. The van der Waals surface area contributed by atoms with Gasteiger partial charge in [-0.25, -0.2) is 4.98 Å². The molecule has 2 saturated heterocycles. The third-order valence-electron chi connectivity index (χ3n) is 4.27. The molecule has 5 nitrogen and oxygen atoms in total. The van der Waals surface area contributed by atoms with Gasteiger partial charge in [0.15, 0.2) is 0 Å². The second kappa shape index (κ2) is 4.39. The van der Waals surface area contributed by atoms with Crippen LogP contribution in [0.25, 0.3) is 0 Å². The average molecular weight is 248 g/mol. The van der Waals surface area contributed by atoms with Gasteiger partial charge in [0.25, 0.3) is 0 Å². The zero-order valence-electron chi connectivity index (χ0n) is 11.0. The number of likely N-dealkylation sites (tertiary alicyclic amines) is 2. The number of carbonyl (C=O) groups is 1. The third kappa shape index (κ3) is 1.82. The van der Waals surface area contributed by atoms with Crippen molar-refractivity contribution >= 4 is 5.91 Å². The Morgan fingerprint density at radius 1 is 1.39 bits per heavy atom. The normalized spacial score (nSPS) is 28.1. The van der Waals surface area contributed by atoms with Crippen LogP contribution < -0.4 is 0 Å². The molecular formula is C13H20N4O. The van der Waals surface area contributed by atoms with Crippen molar-refractivity contribution < 1.29 is 4.79 Å². The van der Waals surface area contributed by atoms with Crippen LogP contribution in [0.4, 0.5) is 0 Å². The second-order valence-corrected chi connectivity index (χ2v) is 5.39. The fourth-order valence-electron chi connectivity index (χ4n) is 3.20. The van der Waals surface area contributed by atoms with Gasteiger partial charge in [-0.3, -0.25) is 9.69 Å². The number of fused-ring (bicyclic) bond motifs is 1. The van der Waals surface area contributed by atoms with Gasteiger partial charge >= 0.3 is 0 Å². The van der Waals surface area contributed by atoms with Crippen LogP contribution in [0.3, 0.4) is 0 Å². The molecule has 18 heavy (non-hydrogen) atoms. The number of hydrogen-bond acceptors (Lipinski definition) is 3. The molecule has 0 spiro atoms. The Balaban J connectivity index is 1.64. The number of amides is 1. The molecule has 3 heterocycles. The van der Waals surface area contributed by atoms with E-state index >= 15 is 0 Å². The van der Waals surface area contributed by atoms with Crippen molar-refractivity contribution in [2.24, 2.45) is 18.9 Å². The SMILES string of the molecule is CCN1C[C@@H]2CN(Cc3nccn3C)C[C@@H]2C1=O. The van der Waals surface area contributed by atoms with Crippen LogP contribution in [-0.4, -0.2) is 51.4 Å². The molecule has 5 heteroatoms. The first-order chi connectivity index (χ1) is 8.69. The van der Waals surface area contributed by atoms with Crippen LogP contribution in [0.1, 0.15) is 12.7 Å². The van der Waals surface area contributed by atoms with E-state index in [2.05, 4.69) is 16.8 Å². The van der Waals surface area contributed by atoms with Crippen molar-refractivity contribution in [3.8, 4) is 0 Å². The molecule has 0 saturated carbocycles. The van der Waals surface area contributed by atoms with E-state index in [9.17, 15) is 4.79 Å². The minimum atomic E-state index is 0.227. The molecule has 0 radical (unpaired) electrons.